The number of hydrogen-bond donors (Lipinski definition) is 1. The molecule has 4 nitrogen and oxygen atoms in total. The minimum Gasteiger partial charge on any atom is -0.318 e. The Morgan fingerprint density at radius 1 is 1.22 bits per heavy atom. The Bertz CT molecular complexity index is 437. The number of carbonyl (C=O) groups is 1. The molecule has 1 N–H and O–H groups in total. The fourth-order valence-electron chi connectivity index (χ4n) is 2.76. The molecule has 2 saturated heterocycles. The molecule has 2 aliphatic heterocycles. The number of anilines is 1. The highest BCUT2D eigenvalue weighted by molar-refractivity contribution is 5.94. The number of carbonyl (C=O) groups excluding carboxylic acids is 1. The lowest BCUT2D eigenvalue weighted by Gasteiger charge is -2.23. The Hall–Kier alpha value is -1.55. The van der Waals surface area contributed by atoms with Gasteiger partial charge in [0.25, 0.3) is 0 Å². The monoisotopic (exact) mass is 245 g/mol. The average molecular weight is 245 g/mol. The maximum absolute atomic E-state index is 12.4. The van der Waals surface area contributed by atoms with Crippen molar-refractivity contribution in [3.05, 3.63) is 29.8 Å². The second kappa shape index (κ2) is 4.61. The second-order valence-corrected chi connectivity index (χ2v) is 5.11. The number of rotatable bonds is 2. The second-order valence-electron chi connectivity index (χ2n) is 5.11. The molecule has 0 bridgehead atoms. The van der Waals surface area contributed by atoms with Crippen LogP contribution in [-0.2, 0) is 0 Å². The van der Waals surface area contributed by atoms with Crippen molar-refractivity contribution in [1.82, 2.24) is 10.2 Å². The molecular weight excluding hydrogens is 226 g/mol. The Morgan fingerprint density at radius 2 is 2.00 bits per heavy atom. The molecule has 96 valence electrons. The van der Waals surface area contributed by atoms with Crippen LogP contribution in [0.1, 0.15) is 12.0 Å². The summed E-state index contributed by atoms with van der Waals surface area (Å²) in [5.41, 5.74) is 2.24. The number of nitrogens with one attached hydrogen (secondary N) is 1. The van der Waals surface area contributed by atoms with Crippen molar-refractivity contribution in [1.29, 1.82) is 0 Å². The topological polar surface area (TPSA) is 35.6 Å². The molecule has 0 spiro atoms. The minimum absolute atomic E-state index is 0.160. The van der Waals surface area contributed by atoms with E-state index in [1.54, 1.807) is 0 Å². The number of urea groups is 1. The molecule has 0 aromatic heterocycles. The third-order valence-electron chi connectivity index (χ3n) is 3.86. The molecule has 1 unspecified atom stereocenters. The number of amides is 2. The molecule has 2 fully saturated rings. The zero-order chi connectivity index (χ0) is 12.5. The molecular formula is C14H19N3O. The summed E-state index contributed by atoms with van der Waals surface area (Å²) >= 11 is 0. The fraction of sp³-hybridized carbons (Fsp3) is 0.500. The summed E-state index contributed by atoms with van der Waals surface area (Å²) in [6, 6.07) is 8.72. The summed E-state index contributed by atoms with van der Waals surface area (Å²) in [5, 5.41) is 3.32. The molecule has 1 aromatic carbocycles. The number of benzene rings is 1. The Kier molecular flexibility index (Phi) is 2.96. The third-order valence-corrected chi connectivity index (χ3v) is 3.86. The van der Waals surface area contributed by atoms with Crippen LogP contribution < -0.4 is 10.2 Å². The van der Waals surface area contributed by atoms with Gasteiger partial charge in [0.1, 0.15) is 0 Å². The van der Waals surface area contributed by atoms with Gasteiger partial charge in [0.15, 0.2) is 0 Å². The SMILES string of the molecule is Cc1ccc(N2CCN(C3CCNC3)C2=O)cc1. The van der Waals surface area contributed by atoms with Gasteiger partial charge in [0, 0.05) is 31.4 Å². The smallest absolute Gasteiger partial charge is 0.318 e. The minimum atomic E-state index is 0.160. The largest absolute Gasteiger partial charge is 0.324 e. The summed E-state index contributed by atoms with van der Waals surface area (Å²) in [6.45, 7) is 5.68. The van der Waals surface area contributed by atoms with E-state index in [4.69, 9.17) is 0 Å². The predicted octanol–water partition coefficient (Wildman–Crippen LogP) is 1.60. The Morgan fingerprint density at radius 3 is 2.67 bits per heavy atom. The molecule has 2 heterocycles. The summed E-state index contributed by atoms with van der Waals surface area (Å²) in [5.74, 6) is 0. The lowest BCUT2D eigenvalue weighted by atomic mass is 10.2. The highest BCUT2D eigenvalue weighted by Crippen LogP contribution is 2.23. The van der Waals surface area contributed by atoms with Gasteiger partial charge in [-0.2, -0.15) is 0 Å². The first-order valence-electron chi connectivity index (χ1n) is 6.61. The molecule has 2 amide bonds. The highest BCUT2D eigenvalue weighted by atomic mass is 16.2. The molecule has 1 aromatic rings. The fourth-order valence-corrected chi connectivity index (χ4v) is 2.76. The average Bonchev–Trinajstić information content (AvgIpc) is 2.99. The van der Waals surface area contributed by atoms with Crippen LogP contribution in [0.15, 0.2) is 24.3 Å². The first-order chi connectivity index (χ1) is 8.75. The van der Waals surface area contributed by atoms with Crippen LogP contribution in [0, 0.1) is 6.92 Å². The van der Waals surface area contributed by atoms with Gasteiger partial charge in [-0.15, -0.1) is 0 Å². The molecule has 0 saturated carbocycles. The summed E-state index contributed by atoms with van der Waals surface area (Å²) in [6.07, 6.45) is 1.08. The maximum Gasteiger partial charge on any atom is 0.324 e. The van der Waals surface area contributed by atoms with Gasteiger partial charge in [0.2, 0.25) is 0 Å². The highest BCUT2D eigenvalue weighted by Gasteiger charge is 2.35. The number of nitrogens with zero attached hydrogens (tertiary/aromatic N) is 2. The van der Waals surface area contributed by atoms with Crippen molar-refractivity contribution in [3.8, 4) is 0 Å². The molecule has 0 aliphatic carbocycles. The summed E-state index contributed by atoms with van der Waals surface area (Å²) in [4.78, 5) is 16.3. The van der Waals surface area contributed by atoms with E-state index >= 15 is 0 Å². The lowest BCUT2D eigenvalue weighted by Crippen LogP contribution is -2.40. The van der Waals surface area contributed by atoms with Crippen LogP contribution in [0.3, 0.4) is 0 Å². The van der Waals surface area contributed by atoms with E-state index in [9.17, 15) is 4.79 Å². The number of hydrogen-bond acceptors (Lipinski definition) is 2. The van der Waals surface area contributed by atoms with E-state index < -0.39 is 0 Å². The molecule has 0 radical (unpaired) electrons. The van der Waals surface area contributed by atoms with Gasteiger partial charge >= 0.3 is 6.03 Å². The third kappa shape index (κ3) is 1.97. The zero-order valence-corrected chi connectivity index (χ0v) is 10.7. The van der Waals surface area contributed by atoms with Gasteiger partial charge in [-0.1, -0.05) is 17.7 Å². The van der Waals surface area contributed by atoms with Gasteiger partial charge in [-0.3, -0.25) is 4.90 Å². The van der Waals surface area contributed by atoms with Crippen LogP contribution in [0.5, 0.6) is 0 Å². The molecule has 4 heteroatoms. The van der Waals surface area contributed by atoms with Crippen molar-refractivity contribution >= 4 is 11.7 Å². The van der Waals surface area contributed by atoms with Crippen molar-refractivity contribution in [2.45, 2.75) is 19.4 Å². The van der Waals surface area contributed by atoms with E-state index in [-0.39, 0.29) is 6.03 Å². The van der Waals surface area contributed by atoms with Crippen LogP contribution in [-0.4, -0.2) is 43.2 Å². The van der Waals surface area contributed by atoms with Crippen LogP contribution in [0.25, 0.3) is 0 Å². The van der Waals surface area contributed by atoms with Gasteiger partial charge < -0.3 is 10.2 Å². The normalized spacial score (nSPS) is 24.1. The molecule has 18 heavy (non-hydrogen) atoms. The maximum atomic E-state index is 12.4. The van der Waals surface area contributed by atoms with E-state index in [0.717, 1.165) is 38.3 Å². The standard InChI is InChI=1S/C14H19N3O/c1-11-2-4-12(5-3-11)16-8-9-17(14(16)18)13-6-7-15-10-13/h2-5,13,15H,6-10H2,1H3. The van der Waals surface area contributed by atoms with E-state index in [0.29, 0.717) is 6.04 Å². The number of aryl methyl sites for hydroxylation is 1. The summed E-state index contributed by atoms with van der Waals surface area (Å²) < 4.78 is 0. The van der Waals surface area contributed by atoms with Gasteiger partial charge in [0.05, 0.1) is 0 Å². The van der Waals surface area contributed by atoms with Crippen LogP contribution >= 0.6 is 0 Å². The van der Waals surface area contributed by atoms with Crippen LogP contribution in [0.2, 0.25) is 0 Å². The van der Waals surface area contributed by atoms with Crippen molar-refractivity contribution in [2.75, 3.05) is 31.1 Å². The molecule has 3 rings (SSSR count). The lowest BCUT2D eigenvalue weighted by molar-refractivity contribution is 0.205. The Labute approximate surface area is 108 Å². The van der Waals surface area contributed by atoms with Gasteiger partial charge in [-0.05, 0) is 32.0 Å². The zero-order valence-electron chi connectivity index (χ0n) is 10.7. The van der Waals surface area contributed by atoms with Gasteiger partial charge in [-0.25, -0.2) is 4.79 Å². The summed E-state index contributed by atoms with van der Waals surface area (Å²) in [7, 11) is 0. The van der Waals surface area contributed by atoms with Crippen LogP contribution in [0.4, 0.5) is 10.5 Å². The molecule has 2 aliphatic rings. The Balaban J connectivity index is 1.75. The quantitative estimate of drug-likeness (QED) is 0.859. The van der Waals surface area contributed by atoms with Crippen molar-refractivity contribution < 1.29 is 4.79 Å². The van der Waals surface area contributed by atoms with E-state index in [1.807, 2.05) is 21.9 Å². The predicted molar refractivity (Wildman–Crippen MR) is 71.9 cm³/mol. The first-order valence-corrected chi connectivity index (χ1v) is 6.61. The molecule has 1 atom stereocenters. The first kappa shape index (κ1) is 11.5. The van der Waals surface area contributed by atoms with E-state index in [1.165, 1.54) is 5.56 Å². The van der Waals surface area contributed by atoms with Crippen molar-refractivity contribution in [3.63, 3.8) is 0 Å². The van der Waals surface area contributed by atoms with E-state index in [2.05, 4.69) is 24.4 Å². The van der Waals surface area contributed by atoms with Crippen molar-refractivity contribution in [2.24, 2.45) is 0 Å².